The molecule has 114 valence electrons. The lowest BCUT2D eigenvalue weighted by Gasteiger charge is -2.40. The van der Waals surface area contributed by atoms with Crippen molar-refractivity contribution in [2.45, 2.75) is 32.8 Å². The third kappa shape index (κ3) is 2.68. The molecule has 1 aromatic carbocycles. The van der Waals surface area contributed by atoms with Crippen molar-refractivity contribution >= 4 is 22.5 Å². The zero-order valence-electron chi connectivity index (χ0n) is 13.3. The van der Waals surface area contributed by atoms with E-state index in [1.165, 1.54) is 0 Å². The van der Waals surface area contributed by atoms with E-state index in [-0.39, 0.29) is 5.92 Å². The Bertz CT molecular complexity index is 678. The number of aliphatic hydroxyl groups is 1. The van der Waals surface area contributed by atoms with Gasteiger partial charge in [0.15, 0.2) is 0 Å². The second-order valence-electron chi connectivity index (χ2n) is 6.24. The number of H-pyrrole nitrogens is 1. The van der Waals surface area contributed by atoms with E-state index in [0.717, 1.165) is 18.2 Å². The highest BCUT2D eigenvalue weighted by molar-refractivity contribution is 6.31. The van der Waals surface area contributed by atoms with Gasteiger partial charge in [-0.2, -0.15) is 5.10 Å². The largest absolute Gasteiger partial charge is 0.388 e. The summed E-state index contributed by atoms with van der Waals surface area (Å²) in [6.45, 7) is 5.25. The Labute approximate surface area is 130 Å². The van der Waals surface area contributed by atoms with E-state index in [0.29, 0.717) is 29.3 Å². The Kier molecular flexibility index (Phi) is 3.61. The molecule has 1 fully saturated rings. The highest BCUT2D eigenvalue weighted by Gasteiger charge is 2.38. The lowest BCUT2D eigenvalue weighted by atomic mass is 9.69. The van der Waals surface area contributed by atoms with E-state index in [2.05, 4.69) is 10.2 Å². The lowest BCUT2D eigenvalue weighted by Crippen LogP contribution is -2.35. The number of nitrogens with zero attached hydrogens (tertiary/aromatic N) is 1. The van der Waals surface area contributed by atoms with E-state index >= 15 is 0 Å². The Morgan fingerprint density at radius 3 is 2.90 bits per heavy atom. The van der Waals surface area contributed by atoms with Gasteiger partial charge in [0.2, 0.25) is 0 Å². The molecule has 0 aliphatic carbocycles. The average Bonchev–Trinajstić information content (AvgIpc) is 2.95. The van der Waals surface area contributed by atoms with Gasteiger partial charge in [-0.05, 0) is 36.3 Å². The molecule has 1 unspecified atom stereocenters. The average molecular weight is 310 g/mol. The summed E-state index contributed by atoms with van der Waals surface area (Å²) < 4.78 is 14.1. The number of fused-ring (bicyclic) bond motifs is 1. The van der Waals surface area contributed by atoms with Crippen molar-refractivity contribution in [1.82, 2.24) is 10.2 Å². The number of nitrogens with one attached hydrogen (secondary N) is 1. The summed E-state index contributed by atoms with van der Waals surface area (Å²) in [5, 5.41) is 19.3. The fourth-order valence-corrected chi connectivity index (χ4v) is 3.39. The molecule has 1 aliphatic rings. The first-order chi connectivity index (χ1) is 10.3. The second kappa shape index (κ2) is 5.59. The van der Waals surface area contributed by atoms with Gasteiger partial charge in [0, 0.05) is 29.2 Å². The summed E-state index contributed by atoms with van der Waals surface area (Å²) in [6.07, 6.45) is 1.58. The number of benzene rings is 1. The van der Waals surface area contributed by atoms with E-state index in [9.17, 15) is 5.11 Å². The Hall–Kier alpha value is -1.10. The van der Waals surface area contributed by atoms with Crippen molar-refractivity contribution in [2.75, 3.05) is 13.2 Å². The SMILES string of the molecule is [2H]C(O)(c1cc(Cl)cc2cn[nH]c12)C(C)(C)C1CCOCC1. The van der Waals surface area contributed by atoms with Crippen LogP contribution >= 0.6 is 11.6 Å². The van der Waals surface area contributed by atoms with Crippen LogP contribution in [0.2, 0.25) is 5.02 Å². The predicted octanol–water partition coefficient (Wildman–Crippen LogP) is 3.70. The van der Waals surface area contributed by atoms with E-state index in [1.807, 2.05) is 13.8 Å². The monoisotopic (exact) mass is 309 g/mol. The number of ether oxygens (including phenoxy) is 1. The van der Waals surface area contributed by atoms with Gasteiger partial charge in [0.05, 0.1) is 19.2 Å². The molecule has 0 amide bonds. The summed E-state index contributed by atoms with van der Waals surface area (Å²) in [5.41, 5.74) is 0.505. The van der Waals surface area contributed by atoms with E-state index in [1.54, 1.807) is 18.3 Å². The third-order valence-corrected chi connectivity index (χ3v) is 4.84. The molecular formula is C16H21ClN2O2. The maximum absolute atomic E-state index is 11.1. The molecule has 1 aliphatic heterocycles. The van der Waals surface area contributed by atoms with Crippen LogP contribution in [0.15, 0.2) is 18.3 Å². The third-order valence-electron chi connectivity index (χ3n) is 4.62. The van der Waals surface area contributed by atoms with Gasteiger partial charge in [0.1, 0.15) is 0 Å². The van der Waals surface area contributed by atoms with Crippen molar-refractivity contribution in [2.24, 2.45) is 11.3 Å². The van der Waals surface area contributed by atoms with Crippen molar-refractivity contribution in [3.63, 3.8) is 0 Å². The molecule has 0 bridgehead atoms. The van der Waals surface area contributed by atoms with Crippen LogP contribution in [0.4, 0.5) is 0 Å². The molecule has 1 saturated heterocycles. The number of hydrogen-bond acceptors (Lipinski definition) is 3. The van der Waals surface area contributed by atoms with Gasteiger partial charge in [-0.1, -0.05) is 25.4 Å². The molecule has 0 saturated carbocycles. The van der Waals surface area contributed by atoms with Crippen molar-refractivity contribution in [3.05, 3.63) is 28.9 Å². The molecule has 0 spiro atoms. The maximum atomic E-state index is 11.1. The Balaban J connectivity index is 2.08. The van der Waals surface area contributed by atoms with Crippen LogP contribution in [-0.2, 0) is 4.74 Å². The number of aromatic amines is 1. The van der Waals surface area contributed by atoms with Gasteiger partial charge in [-0.25, -0.2) is 0 Å². The molecule has 21 heavy (non-hydrogen) atoms. The molecule has 1 aromatic heterocycles. The van der Waals surface area contributed by atoms with E-state index < -0.39 is 11.5 Å². The van der Waals surface area contributed by atoms with Crippen LogP contribution in [0.1, 0.15) is 39.7 Å². The molecule has 2 N–H and O–H groups in total. The zero-order valence-corrected chi connectivity index (χ0v) is 13.1. The molecule has 0 radical (unpaired) electrons. The van der Waals surface area contributed by atoms with Crippen LogP contribution in [0.3, 0.4) is 0 Å². The van der Waals surface area contributed by atoms with Crippen LogP contribution in [0, 0.1) is 11.3 Å². The first-order valence-electron chi connectivity index (χ1n) is 7.77. The fourth-order valence-electron chi connectivity index (χ4n) is 3.17. The van der Waals surface area contributed by atoms with Crippen LogP contribution in [-0.4, -0.2) is 28.5 Å². The number of aromatic nitrogens is 2. The minimum absolute atomic E-state index is 0.209. The van der Waals surface area contributed by atoms with Crippen molar-refractivity contribution < 1.29 is 11.2 Å². The van der Waals surface area contributed by atoms with Gasteiger partial charge in [0.25, 0.3) is 0 Å². The summed E-state index contributed by atoms with van der Waals surface area (Å²) in [4.78, 5) is 0. The van der Waals surface area contributed by atoms with Crippen LogP contribution in [0.25, 0.3) is 10.9 Å². The topological polar surface area (TPSA) is 58.1 Å². The van der Waals surface area contributed by atoms with Crippen LogP contribution < -0.4 is 0 Å². The quantitative estimate of drug-likeness (QED) is 0.909. The Morgan fingerprint density at radius 2 is 2.19 bits per heavy atom. The first kappa shape index (κ1) is 13.6. The summed E-state index contributed by atoms with van der Waals surface area (Å²) >= 11 is 6.17. The molecule has 2 aromatic rings. The number of hydrogen-bond donors (Lipinski definition) is 2. The summed E-state index contributed by atoms with van der Waals surface area (Å²) in [6, 6.07) is 3.44. The normalized spacial score (nSPS) is 21.2. The maximum Gasteiger partial charge on any atom is 0.0864 e. The summed E-state index contributed by atoms with van der Waals surface area (Å²) in [5.74, 6) is 0.209. The van der Waals surface area contributed by atoms with E-state index in [4.69, 9.17) is 17.7 Å². The lowest BCUT2D eigenvalue weighted by molar-refractivity contribution is -0.0431. The highest BCUT2D eigenvalue weighted by atomic mass is 35.5. The molecule has 1 atom stereocenters. The predicted molar refractivity (Wildman–Crippen MR) is 83.4 cm³/mol. The zero-order chi connectivity index (χ0) is 16.0. The van der Waals surface area contributed by atoms with Crippen molar-refractivity contribution in [3.8, 4) is 0 Å². The standard InChI is InChI=1S/C16H21ClN2O2/c1-16(2,11-3-5-21-6-4-11)15(20)13-8-12(17)7-10-9-18-19-14(10)13/h7-9,11,15,20H,3-6H2,1-2H3,(H,18,19)/i15D. The van der Waals surface area contributed by atoms with Gasteiger partial charge in [-0.3, -0.25) is 5.10 Å². The molecular weight excluding hydrogens is 288 g/mol. The summed E-state index contributed by atoms with van der Waals surface area (Å²) in [7, 11) is 0. The minimum Gasteiger partial charge on any atom is -0.388 e. The minimum atomic E-state index is -1.77. The van der Waals surface area contributed by atoms with Gasteiger partial charge in [-0.15, -0.1) is 0 Å². The fraction of sp³-hybridized carbons (Fsp3) is 0.562. The first-order valence-corrected chi connectivity index (χ1v) is 7.65. The molecule has 2 heterocycles. The second-order valence-corrected chi connectivity index (χ2v) is 6.68. The van der Waals surface area contributed by atoms with Gasteiger partial charge < -0.3 is 9.84 Å². The smallest absolute Gasteiger partial charge is 0.0864 e. The number of halogens is 1. The Morgan fingerprint density at radius 1 is 1.48 bits per heavy atom. The highest BCUT2D eigenvalue weighted by Crippen LogP contribution is 2.45. The van der Waals surface area contributed by atoms with Crippen LogP contribution in [0.5, 0.6) is 0 Å². The van der Waals surface area contributed by atoms with Gasteiger partial charge >= 0.3 is 0 Å². The number of rotatable bonds is 3. The van der Waals surface area contributed by atoms with Crippen molar-refractivity contribution in [1.29, 1.82) is 0 Å². The molecule has 5 heteroatoms. The molecule has 3 rings (SSSR count). The molecule has 4 nitrogen and oxygen atoms in total.